The van der Waals surface area contributed by atoms with Gasteiger partial charge in [-0.2, -0.15) is 0 Å². The Morgan fingerprint density at radius 3 is 2.44 bits per heavy atom. The molecule has 1 saturated heterocycles. The van der Waals surface area contributed by atoms with Crippen LogP contribution in [0.3, 0.4) is 0 Å². The lowest BCUT2D eigenvalue weighted by atomic mass is 10.1. The molecule has 0 unspecified atom stereocenters. The molecule has 0 radical (unpaired) electrons. The molecule has 1 aliphatic rings. The van der Waals surface area contributed by atoms with E-state index in [0.29, 0.717) is 11.9 Å². The molecule has 9 heteroatoms. The zero-order chi connectivity index (χ0) is 22.8. The molecule has 0 saturated carbocycles. The molecule has 32 heavy (non-hydrogen) atoms. The molecule has 9 nitrogen and oxygen atoms in total. The Kier molecular flexibility index (Phi) is 6.20. The average Bonchev–Trinajstić information content (AvgIpc) is 2.81. The number of hydrogen-bond acceptors (Lipinski definition) is 6. The van der Waals surface area contributed by atoms with E-state index in [1.165, 1.54) is 36.4 Å². The maximum absolute atomic E-state index is 12.7. The SMILES string of the molecule is CN1CCN(Cc2cccc(CNC(=O)c3ccc4c(=O)n(C)c(=O)n(C)c4n3)c2)CC1. The van der Waals surface area contributed by atoms with Crippen molar-refractivity contribution in [3.05, 3.63) is 74.1 Å². The number of aryl methyl sites for hydroxylation is 1. The Morgan fingerprint density at radius 1 is 0.969 bits per heavy atom. The standard InChI is InChI=1S/C23H28N6O3/c1-26-9-11-29(12-10-26)15-17-6-4-5-16(13-17)14-24-21(30)19-8-7-18-20(25-19)27(2)23(32)28(3)22(18)31/h4-8,13H,9-12,14-15H2,1-3H3,(H,24,30). The second-order valence-corrected chi connectivity index (χ2v) is 8.36. The van der Waals surface area contributed by atoms with E-state index >= 15 is 0 Å². The molecular weight excluding hydrogens is 408 g/mol. The fourth-order valence-corrected chi connectivity index (χ4v) is 3.96. The number of carbonyl (C=O) groups excluding carboxylic acids is 1. The topological polar surface area (TPSA) is 92.5 Å². The summed E-state index contributed by atoms with van der Waals surface area (Å²) in [5, 5.41) is 3.18. The van der Waals surface area contributed by atoms with Crippen molar-refractivity contribution in [2.45, 2.75) is 13.1 Å². The van der Waals surface area contributed by atoms with E-state index in [0.717, 1.165) is 42.9 Å². The predicted octanol–water partition coefficient (Wildman–Crippen LogP) is 0.310. The van der Waals surface area contributed by atoms with Crippen molar-refractivity contribution in [3.8, 4) is 0 Å². The van der Waals surface area contributed by atoms with Crippen LogP contribution < -0.4 is 16.6 Å². The summed E-state index contributed by atoms with van der Waals surface area (Å²) >= 11 is 0. The molecule has 0 bridgehead atoms. The van der Waals surface area contributed by atoms with Crippen LogP contribution in [0.2, 0.25) is 0 Å². The number of fused-ring (bicyclic) bond motifs is 1. The molecule has 1 aliphatic heterocycles. The molecule has 168 valence electrons. The van der Waals surface area contributed by atoms with Crippen LogP contribution in [-0.2, 0) is 27.2 Å². The van der Waals surface area contributed by atoms with Crippen molar-refractivity contribution in [2.75, 3.05) is 33.2 Å². The van der Waals surface area contributed by atoms with Gasteiger partial charge in [-0.25, -0.2) is 9.78 Å². The van der Waals surface area contributed by atoms with Crippen LogP contribution in [0.4, 0.5) is 0 Å². The van der Waals surface area contributed by atoms with Crippen LogP contribution in [0.5, 0.6) is 0 Å². The minimum absolute atomic E-state index is 0.161. The van der Waals surface area contributed by atoms with E-state index in [9.17, 15) is 14.4 Å². The summed E-state index contributed by atoms with van der Waals surface area (Å²) in [4.78, 5) is 46.2. The van der Waals surface area contributed by atoms with Gasteiger partial charge in [-0.15, -0.1) is 0 Å². The quantitative estimate of drug-likeness (QED) is 0.619. The monoisotopic (exact) mass is 436 g/mol. The Morgan fingerprint density at radius 2 is 1.69 bits per heavy atom. The van der Waals surface area contributed by atoms with Gasteiger partial charge in [-0.1, -0.05) is 24.3 Å². The normalized spacial score (nSPS) is 15.2. The first kappa shape index (κ1) is 21.9. The molecule has 3 aromatic rings. The third-order valence-electron chi connectivity index (χ3n) is 5.98. The van der Waals surface area contributed by atoms with E-state index < -0.39 is 11.2 Å². The lowest BCUT2D eigenvalue weighted by molar-refractivity contribution is 0.0946. The highest BCUT2D eigenvalue weighted by atomic mass is 16.2. The molecule has 1 aromatic carbocycles. The molecule has 0 aliphatic carbocycles. The van der Waals surface area contributed by atoms with Crippen LogP contribution in [-0.4, -0.2) is 63.1 Å². The first-order valence-electron chi connectivity index (χ1n) is 10.7. The maximum Gasteiger partial charge on any atom is 0.332 e. The maximum atomic E-state index is 12.7. The summed E-state index contributed by atoms with van der Waals surface area (Å²) in [5.74, 6) is -0.357. The largest absolute Gasteiger partial charge is 0.347 e. The lowest BCUT2D eigenvalue weighted by Crippen LogP contribution is -2.43. The van der Waals surface area contributed by atoms with Gasteiger partial charge in [-0.05, 0) is 30.3 Å². The van der Waals surface area contributed by atoms with E-state index in [4.69, 9.17) is 0 Å². The molecule has 4 rings (SSSR count). The van der Waals surface area contributed by atoms with Crippen LogP contribution in [0, 0.1) is 0 Å². The van der Waals surface area contributed by atoms with Gasteiger partial charge >= 0.3 is 5.69 Å². The van der Waals surface area contributed by atoms with E-state index in [1.54, 1.807) is 0 Å². The van der Waals surface area contributed by atoms with Crippen molar-refractivity contribution in [2.24, 2.45) is 14.1 Å². The van der Waals surface area contributed by atoms with Crippen LogP contribution >= 0.6 is 0 Å². The smallest absolute Gasteiger partial charge is 0.332 e. The van der Waals surface area contributed by atoms with Crippen molar-refractivity contribution < 1.29 is 4.79 Å². The molecule has 0 atom stereocenters. The number of carbonyl (C=O) groups is 1. The van der Waals surface area contributed by atoms with Gasteiger partial charge < -0.3 is 10.2 Å². The number of pyridine rings is 1. The molecule has 1 fully saturated rings. The van der Waals surface area contributed by atoms with Crippen LogP contribution in [0.1, 0.15) is 21.6 Å². The van der Waals surface area contributed by atoms with Crippen molar-refractivity contribution in [3.63, 3.8) is 0 Å². The summed E-state index contributed by atoms with van der Waals surface area (Å²) in [6, 6.07) is 11.3. The summed E-state index contributed by atoms with van der Waals surface area (Å²) in [6.07, 6.45) is 0. The second-order valence-electron chi connectivity index (χ2n) is 8.36. The number of hydrogen-bond donors (Lipinski definition) is 1. The number of aromatic nitrogens is 3. The Balaban J connectivity index is 1.45. The molecule has 1 N–H and O–H groups in total. The fraction of sp³-hybridized carbons (Fsp3) is 0.391. The number of benzene rings is 1. The molecule has 2 aromatic heterocycles. The van der Waals surface area contributed by atoms with Crippen LogP contribution in [0.25, 0.3) is 11.0 Å². The number of nitrogens with zero attached hydrogens (tertiary/aromatic N) is 5. The first-order valence-corrected chi connectivity index (χ1v) is 10.7. The minimum atomic E-state index is -0.482. The van der Waals surface area contributed by atoms with Gasteiger partial charge in [0.1, 0.15) is 11.3 Å². The van der Waals surface area contributed by atoms with Crippen molar-refractivity contribution in [1.29, 1.82) is 0 Å². The Bertz CT molecular complexity index is 1270. The summed E-state index contributed by atoms with van der Waals surface area (Å²) in [6.45, 7) is 5.52. The van der Waals surface area contributed by atoms with Crippen molar-refractivity contribution in [1.82, 2.24) is 29.2 Å². The number of amides is 1. The highest BCUT2D eigenvalue weighted by molar-refractivity contribution is 5.94. The van der Waals surface area contributed by atoms with E-state index in [1.807, 2.05) is 12.1 Å². The second kappa shape index (κ2) is 9.05. The number of likely N-dealkylation sites (N-methyl/N-ethyl adjacent to an activating group) is 1. The number of nitrogens with one attached hydrogen (secondary N) is 1. The zero-order valence-electron chi connectivity index (χ0n) is 18.7. The third-order valence-corrected chi connectivity index (χ3v) is 5.98. The highest BCUT2D eigenvalue weighted by Gasteiger charge is 2.15. The summed E-state index contributed by atoms with van der Waals surface area (Å²) in [7, 11) is 5.09. The van der Waals surface area contributed by atoms with Gasteiger partial charge in [-0.3, -0.25) is 23.6 Å². The molecular formula is C23H28N6O3. The highest BCUT2D eigenvalue weighted by Crippen LogP contribution is 2.11. The molecule has 0 spiro atoms. The minimum Gasteiger partial charge on any atom is -0.347 e. The van der Waals surface area contributed by atoms with Gasteiger partial charge in [0.25, 0.3) is 11.5 Å². The number of piperazine rings is 1. The van der Waals surface area contributed by atoms with Crippen molar-refractivity contribution >= 4 is 16.9 Å². The van der Waals surface area contributed by atoms with E-state index in [2.05, 4.69) is 39.3 Å². The zero-order valence-corrected chi connectivity index (χ0v) is 18.7. The lowest BCUT2D eigenvalue weighted by Gasteiger charge is -2.32. The van der Waals surface area contributed by atoms with Gasteiger partial charge in [0.15, 0.2) is 0 Å². The van der Waals surface area contributed by atoms with Gasteiger partial charge in [0.05, 0.1) is 5.39 Å². The third kappa shape index (κ3) is 4.49. The summed E-state index contributed by atoms with van der Waals surface area (Å²) in [5.41, 5.74) is 1.67. The summed E-state index contributed by atoms with van der Waals surface area (Å²) < 4.78 is 2.30. The van der Waals surface area contributed by atoms with Gasteiger partial charge in [0, 0.05) is 53.4 Å². The van der Waals surface area contributed by atoms with Crippen LogP contribution in [0.15, 0.2) is 46.0 Å². The Labute approximate surface area is 185 Å². The average molecular weight is 437 g/mol. The fourth-order valence-electron chi connectivity index (χ4n) is 3.96. The molecule has 1 amide bonds. The first-order chi connectivity index (χ1) is 15.3. The number of rotatable bonds is 5. The van der Waals surface area contributed by atoms with Gasteiger partial charge in [0.2, 0.25) is 0 Å². The Hall–Kier alpha value is -3.30. The van der Waals surface area contributed by atoms with E-state index in [-0.39, 0.29) is 17.2 Å². The molecule has 3 heterocycles. The predicted molar refractivity (Wildman–Crippen MR) is 123 cm³/mol.